The van der Waals surface area contributed by atoms with E-state index in [1.807, 2.05) is 0 Å². The molecule has 0 saturated heterocycles. The van der Waals surface area contributed by atoms with Crippen molar-refractivity contribution in [1.82, 2.24) is 0 Å². The van der Waals surface area contributed by atoms with Crippen molar-refractivity contribution in [3.63, 3.8) is 0 Å². The van der Waals surface area contributed by atoms with Crippen LogP contribution in [0.1, 0.15) is 61.7 Å². The highest BCUT2D eigenvalue weighted by molar-refractivity contribution is 7.92. The van der Waals surface area contributed by atoms with E-state index in [2.05, 4.69) is 5.32 Å². The van der Waals surface area contributed by atoms with Crippen molar-refractivity contribution >= 4 is 38.8 Å². The lowest BCUT2D eigenvalue weighted by Crippen LogP contribution is -2.48. The van der Waals surface area contributed by atoms with Crippen molar-refractivity contribution in [2.24, 2.45) is 17.8 Å². The molecule has 0 aliphatic heterocycles. The first-order chi connectivity index (χ1) is 19.7. The molecule has 8 nitrogen and oxygen atoms in total. The molecule has 2 aromatic rings. The van der Waals surface area contributed by atoms with Crippen LogP contribution in [0.4, 0.5) is 18.9 Å². The summed E-state index contributed by atoms with van der Waals surface area (Å²) in [5.41, 5.74) is -1.74. The maximum absolute atomic E-state index is 13.8. The van der Waals surface area contributed by atoms with E-state index in [-0.39, 0.29) is 77.3 Å². The maximum atomic E-state index is 13.8. The molecule has 42 heavy (non-hydrogen) atoms. The van der Waals surface area contributed by atoms with Crippen LogP contribution in [0.25, 0.3) is 0 Å². The summed E-state index contributed by atoms with van der Waals surface area (Å²) in [6, 6.07) is 4.74. The first-order valence-corrected chi connectivity index (χ1v) is 15.7. The lowest BCUT2D eigenvalue weighted by atomic mass is 9.71. The number of hydrogen-bond acceptors (Lipinski definition) is 7. The minimum absolute atomic E-state index is 0.0653. The zero-order valence-corrected chi connectivity index (χ0v) is 24.0. The van der Waals surface area contributed by atoms with E-state index in [4.69, 9.17) is 11.6 Å². The van der Waals surface area contributed by atoms with Crippen LogP contribution in [-0.4, -0.2) is 58.5 Å². The van der Waals surface area contributed by atoms with Crippen LogP contribution in [0.2, 0.25) is 5.02 Å². The summed E-state index contributed by atoms with van der Waals surface area (Å²) in [6.07, 6.45) is 0.145. The number of rotatable bonds is 8. The van der Waals surface area contributed by atoms with Gasteiger partial charge in [0.25, 0.3) is 5.91 Å². The number of sulfone groups is 1. The molecule has 3 saturated carbocycles. The molecule has 5 rings (SSSR count). The van der Waals surface area contributed by atoms with Gasteiger partial charge in [-0.05, 0) is 75.0 Å². The molecule has 2 bridgehead atoms. The molecule has 228 valence electrons. The Hall–Kier alpha value is -2.51. The standard InChI is InChI=1S/C29H31ClF3NO7S/c30-20-4-1-14(28(38)34-18-12-21(31)27(33)22(32)13-18)9-26(20)42(40,41)19-10-16-2-3-17(11-19)29(16,39)6-5-23(35)15-7-24(36)25(37)8-15/h1,4,9,12-13,15-17,19,24-25,36-37,39H,2-3,5-8,10-11H2,(H,34,38)/t15?,16-,17?,19?,24?,25?,29?/m0/s1. The summed E-state index contributed by atoms with van der Waals surface area (Å²) in [6.45, 7) is 0. The van der Waals surface area contributed by atoms with Crippen LogP contribution in [-0.2, 0) is 14.6 Å². The third kappa shape index (κ3) is 5.71. The summed E-state index contributed by atoms with van der Waals surface area (Å²) in [7, 11) is -4.09. The number of carbonyl (C=O) groups is 2. The van der Waals surface area contributed by atoms with Crippen molar-refractivity contribution in [3.05, 3.63) is 58.4 Å². The number of benzene rings is 2. The van der Waals surface area contributed by atoms with Gasteiger partial charge in [0.05, 0.1) is 33.0 Å². The lowest BCUT2D eigenvalue weighted by Gasteiger charge is -2.42. The Kier molecular flexibility index (Phi) is 8.49. The van der Waals surface area contributed by atoms with Crippen LogP contribution in [0, 0.1) is 35.2 Å². The number of amides is 1. The normalized spacial score (nSPS) is 30.8. The number of anilines is 1. The minimum atomic E-state index is -4.09. The number of nitrogens with one attached hydrogen (secondary N) is 1. The minimum Gasteiger partial charge on any atom is -0.390 e. The fourth-order valence-corrected chi connectivity index (χ4v) is 9.33. The van der Waals surface area contributed by atoms with Gasteiger partial charge in [0.15, 0.2) is 27.3 Å². The smallest absolute Gasteiger partial charge is 0.255 e. The molecule has 2 aromatic carbocycles. The van der Waals surface area contributed by atoms with Gasteiger partial charge in [0.1, 0.15) is 5.78 Å². The van der Waals surface area contributed by atoms with Crippen LogP contribution < -0.4 is 5.32 Å². The first kappa shape index (κ1) is 30.9. The summed E-state index contributed by atoms with van der Waals surface area (Å²) in [5, 5.41) is 32.3. The van der Waals surface area contributed by atoms with E-state index < -0.39 is 62.2 Å². The highest BCUT2D eigenvalue weighted by Crippen LogP contribution is 2.54. The van der Waals surface area contributed by atoms with Crippen LogP contribution >= 0.6 is 11.6 Å². The number of hydrogen-bond donors (Lipinski definition) is 4. The van der Waals surface area contributed by atoms with Crippen LogP contribution in [0.3, 0.4) is 0 Å². The SMILES string of the molecule is O=C(Nc1cc(F)c(F)c(F)c1)c1ccc(Cl)c(S(=O)(=O)C2CC3CC[C@@H](C2)C3(O)CCC(=O)C2CC(O)C(O)C2)c1. The molecule has 0 spiro atoms. The highest BCUT2D eigenvalue weighted by atomic mass is 35.5. The first-order valence-electron chi connectivity index (χ1n) is 13.8. The van der Waals surface area contributed by atoms with E-state index >= 15 is 0 Å². The van der Waals surface area contributed by atoms with E-state index in [0.29, 0.717) is 25.0 Å². The molecule has 5 unspecified atom stereocenters. The Labute approximate surface area is 245 Å². The van der Waals surface area contributed by atoms with Gasteiger partial charge in [-0.25, -0.2) is 21.6 Å². The van der Waals surface area contributed by atoms with Gasteiger partial charge in [-0.15, -0.1) is 0 Å². The number of ketones is 1. The van der Waals surface area contributed by atoms with Gasteiger partial charge in [-0.3, -0.25) is 9.59 Å². The largest absolute Gasteiger partial charge is 0.390 e. The van der Waals surface area contributed by atoms with E-state index in [1.165, 1.54) is 12.1 Å². The molecule has 0 radical (unpaired) electrons. The molecule has 0 aromatic heterocycles. The second kappa shape index (κ2) is 11.5. The van der Waals surface area contributed by atoms with Crippen molar-refractivity contribution in [3.8, 4) is 0 Å². The van der Waals surface area contributed by atoms with Crippen LogP contribution in [0.15, 0.2) is 35.2 Å². The summed E-state index contributed by atoms with van der Waals surface area (Å²) >= 11 is 6.26. The Bertz CT molecular complexity index is 1470. The van der Waals surface area contributed by atoms with Crippen molar-refractivity contribution in [1.29, 1.82) is 0 Å². The molecule has 0 heterocycles. The lowest BCUT2D eigenvalue weighted by molar-refractivity contribution is -0.126. The number of halogens is 4. The molecule has 3 fully saturated rings. The second-order valence-corrected chi connectivity index (χ2v) is 14.3. The molecule has 3 aliphatic carbocycles. The predicted molar refractivity (Wildman–Crippen MR) is 146 cm³/mol. The zero-order valence-electron chi connectivity index (χ0n) is 22.4. The van der Waals surface area contributed by atoms with Crippen molar-refractivity contribution < 1.29 is 46.5 Å². The molecule has 13 heteroatoms. The van der Waals surface area contributed by atoms with Crippen molar-refractivity contribution in [2.45, 2.75) is 79.3 Å². The third-order valence-corrected chi connectivity index (χ3v) is 11.9. The number of Topliss-reactive ketones (excluding diaryl/α,β-unsaturated/α-hetero) is 1. The van der Waals surface area contributed by atoms with Gasteiger partial charge < -0.3 is 20.6 Å². The Balaban J connectivity index is 1.29. The molecule has 3 aliphatic rings. The van der Waals surface area contributed by atoms with Gasteiger partial charge >= 0.3 is 0 Å². The van der Waals surface area contributed by atoms with Gasteiger partial charge in [-0.1, -0.05) is 11.6 Å². The number of aliphatic hydroxyl groups excluding tert-OH is 2. The zero-order chi connectivity index (χ0) is 30.6. The van der Waals surface area contributed by atoms with E-state index in [9.17, 15) is 46.5 Å². The topological polar surface area (TPSA) is 141 Å². The second-order valence-electron chi connectivity index (χ2n) is 11.7. The monoisotopic (exact) mass is 629 g/mol. The van der Waals surface area contributed by atoms with Gasteiger partial charge in [0, 0.05) is 35.7 Å². The number of aliphatic hydroxyl groups is 3. The van der Waals surface area contributed by atoms with Gasteiger partial charge in [-0.2, -0.15) is 0 Å². The van der Waals surface area contributed by atoms with Crippen LogP contribution in [0.5, 0.6) is 0 Å². The number of fused-ring (bicyclic) bond motifs is 2. The van der Waals surface area contributed by atoms with Gasteiger partial charge in [0.2, 0.25) is 0 Å². The Morgan fingerprint density at radius 1 is 0.952 bits per heavy atom. The summed E-state index contributed by atoms with van der Waals surface area (Å²) in [4.78, 5) is 25.2. The van der Waals surface area contributed by atoms with E-state index in [0.717, 1.165) is 6.07 Å². The summed E-state index contributed by atoms with van der Waals surface area (Å²) < 4.78 is 67.9. The number of carbonyl (C=O) groups excluding carboxylic acids is 2. The maximum Gasteiger partial charge on any atom is 0.255 e. The highest BCUT2D eigenvalue weighted by Gasteiger charge is 2.55. The molecule has 6 atom stereocenters. The fraction of sp³-hybridized carbons (Fsp3) is 0.517. The van der Waals surface area contributed by atoms with Crippen molar-refractivity contribution in [2.75, 3.05) is 5.32 Å². The average molecular weight is 630 g/mol. The third-order valence-electron chi connectivity index (χ3n) is 9.28. The Morgan fingerprint density at radius 3 is 2.10 bits per heavy atom. The predicted octanol–water partition coefficient (Wildman–Crippen LogP) is 4.18. The average Bonchev–Trinajstić information content (AvgIpc) is 3.31. The fourth-order valence-electron chi connectivity index (χ4n) is 6.93. The quantitative estimate of drug-likeness (QED) is 0.321. The van der Waals surface area contributed by atoms with E-state index in [1.54, 1.807) is 0 Å². The molecule has 4 N–H and O–H groups in total. The summed E-state index contributed by atoms with van der Waals surface area (Å²) in [5.74, 6) is -6.95. The molecular weight excluding hydrogens is 599 g/mol. The molecular formula is C29H31ClF3NO7S. The Morgan fingerprint density at radius 2 is 1.52 bits per heavy atom. The molecule has 1 amide bonds.